The fourth-order valence-electron chi connectivity index (χ4n) is 7.16. The number of fused-ring (bicyclic) bond motifs is 5. The zero-order valence-electron chi connectivity index (χ0n) is 37.1. The minimum atomic E-state index is -1.45. The van der Waals surface area contributed by atoms with Gasteiger partial charge in [0.25, 0.3) is 5.91 Å². The van der Waals surface area contributed by atoms with Gasteiger partial charge in [0, 0.05) is 49.4 Å². The second-order valence-electron chi connectivity index (χ2n) is 16.4. The highest BCUT2D eigenvalue weighted by molar-refractivity contribution is 6.00. The number of benzene rings is 3. The number of rotatable bonds is 15. The second-order valence-corrected chi connectivity index (χ2v) is 16.4. The molecule has 1 aliphatic heterocycles. The van der Waals surface area contributed by atoms with Gasteiger partial charge in [0.2, 0.25) is 29.5 Å². The first-order valence-corrected chi connectivity index (χ1v) is 21.1. The van der Waals surface area contributed by atoms with E-state index in [-0.39, 0.29) is 74.6 Å². The van der Waals surface area contributed by atoms with Crippen molar-refractivity contribution in [3.63, 3.8) is 0 Å². The molecule has 19 nitrogen and oxygen atoms in total. The van der Waals surface area contributed by atoms with Gasteiger partial charge in [-0.1, -0.05) is 57.2 Å². The number of nitrogens with one attached hydrogen (secondary N) is 4. The van der Waals surface area contributed by atoms with Gasteiger partial charge in [0.05, 0.1) is 6.07 Å². The monoisotopic (exact) mass is 891 g/mol. The van der Waals surface area contributed by atoms with Crippen molar-refractivity contribution in [1.82, 2.24) is 36.1 Å². The lowest BCUT2D eigenvalue weighted by Crippen LogP contribution is -2.56. The van der Waals surface area contributed by atoms with Crippen molar-refractivity contribution in [2.24, 2.45) is 17.2 Å². The lowest BCUT2D eigenvalue weighted by molar-refractivity contribution is -0.141. The molecule has 1 aliphatic rings. The minimum absolute atomic E-state index is 0.0138. The summed E-state index contributed by atoms with van der Waals surface area (Å²) >= 11 is 0. The lowest BCUT2D eigenvalue weighted by Gasteiger charge is -2.32. The average Bonchev–Trinajstić information content (AvgIpc) is 3.28. The predicted octanol–water partition coefficient (Wildman–Crippen LogP) is 1.32. The fourth-order valence-corrected chi connectivity index (χ4v) is 7.16. The van der Waals surface area contributed by atoms with Crippen molar-refractivity contribution in [2.45, 2.75) is 70.1 Å². The van der Waals surface area contributed by atoms with Crippen molar-refractivity contribution >= 4 is 29.5 Å². The van der Waals surface area contributed by atoms with E-state index >= 15 is 0 Å². The number of hydrogen-bond donors (Lipinski definition) is 8. The Morgan fingerprint density at radius 2 is 1.58 bits per heavy atom. The van der Waals surface area contributed by atoms with Gasteiger partial charge < -0.3 is 57.9 Å². The molecule has 4 aromatic rings. The number of nitrogens with two attached hydrogens (primary N) is 3. The number of carbonyl (C=O) groups is 5. The van der Waals surface area contributed by atoms with Gasteiger partial charge in [0.15, 0.2) is 5.82 Å². The highest BCUT2D eigenvalue weighted by atomic mass is 16.5. The molecular formula is C46H57N11O8. The van der Waals surface area contributed by atoms with E-state index in [1.807, 2.05) is 30.3 Å². The third kappa shape index (κ3) is 12.1. The van der Waals surface area contributed by atoms with Crippen LogP contribution in [0.3, 0.4) is 0 Å². The summed E-state index contributed by atoms with van der Waals surface area (Å²) in [4.78, 5) is 79.4. The Hall–Kier alpha value is -7.14. The van der Waals surface area contributed by atoms with E-state index in [1.54, 1.807) is 36.4 Å². The van der Waals surface area contributed by atoms with Gasteiger partial charge in [-0.25, -0.2) is 4.98 Å². The first kappa shape index (κ1) is 48.9. The molecule has 4 bridgehead atoms. The maximum Gasteiger partial charge on any atom is 0.259 e. The van der Waals surface area contributed by atoms with Crippen LogP contribution in [-0.2, 0) is 31.0 Å². The quantitative estimate of drug-likeness (QED) is 0.0782. The molecule has 4 unspecified atom stereocenters. The largest absolute Gasteiger partial charge is 0.493 e. The molecule has 2 heterocycles. The van der Waals surface area contributed by atoms with Gasteiger partial charge in [-0.3, -0.25) is 24.0 Å². The molecular weight excluding hydrogens is 835 g/mol. The molecule has 0 spiro atoms. The van der Waals surface area contributed by atoms with E-state index in [0.29, 0.717) is 33.8 Å². The molecule has 0 radical (unpaired) electrons. The zero-order chi connectivity index (χ0) is 47.4. The number of likely N-dealkylation sites (N-methyl/N-ethyl adjacent to an activating group) is 1. The molecule has 1 aromatic heterocycles. The van der Waals surface area contributed by atoms with Crippen LogP contribution in [0.25, 0.3) is 22.5 Å². The van der Waals surface area contributed by atoms with Crippen LogP contribution >= 0.6 is 0 Å². The molecule has 5 rings (SSSR count). The van der Waals surface area contributed by atoms with Crippen molar-refractivity contribution in [1.29, 1.82) is 5.26 Å². The summed E-state index contributed by atoms with van der Waals surface area (Å²) in [6, 6.07) is 14.2. The minimum Gasteiger partial charge on any atom is -0.493 e. The van der Waals surface area contributed by atoms with Crippen LogP contribution in [0.15, 0.2) is 66.9 Å². The van der Waals surface area contributed by atoms with E-state index in [4.69, 9.17) is 31.9 Å². The average molecular weight is 892 g/mol. The Bertz CT molecular complexity index is 2420. The number of carbonyl (C=O) groups excluding carboxylic acids is 5. The molecule has 5 amide bonds. The molecule has 0 fully saturated rings. The van der Waals surface area contributed by atoms with E-state index in [1.165, 1.54) is 14.0 Å². The summed E-state index contributed by atoms with van der Waals surface area (Å²) in [7, 11) is 1.36. The van der Waals surface area contributed by atoms with Gasteiger partial charge in [-0.05, 0) is 66.3 Å². The van der Waals surface area contributed by atoms with Gasteiger partial charge in [-0.15, -0.1) is 0 Å². The van der Waals surface area contributed by atoms with Crippen LogP contribution in [0.5, 0.6) is 17.4 Å². The number of aromatic nitrogens is 2. The Morgan fingerprint density at radius 3 is 2.18 bits per heavy atom. The molecule has 3 aromatic carbocycles. The second kappa shape index (κ2) is 22.0. The van der Waals surface area contributed by atoms with E-state index in [0.717, 1.165) is 16.7 Å². The molecule has 0 saturated carbocycles. The number of ether oxygens (including phenoxy) is 2. The predicted molar refractivity (Wildman–Crippen MR) is 241 cm³/mol. The summed E-state index contributed by atoms with van der Waals surface area (Å²) in [5.41, 5.74) is 20.6. The first-order valence-electron chi connectivity index (χ1n) is 21.1. The van der Waals surface area contributed by atoms with Gasteiger partial charge >= 0.3 is 0 Å². The number of aromatic hydroxyl groups is 1. The van der Waals surface area contributed by atoms with Crippen LogP contribution in [0.4, 0.5) is 0 Å². The van der Waals surface area contributed by atoms with Crippen molar-refractivity contribution in [2.75, 3.05) is 46.4 Å². The molecule has 0 saturated heterocycles. The SMILES string of the molecule is CC1NC(=O)C(N(C)C(=O)C(CCN)NC(=O)c2cnc(-c3ccc(C(C)(C)C)cc3)nc2O)c2ccc(OCCN)c(c2)-c2cc(ccc2OCCN)CC(C(=O)NCC#N)NC1=O. The molecule has 65 heavy (non-hydrogen) atoms. The van der Waals surface area contributed by atoms with Crippen LogP contribution in [0.1, 0.15) is 67.2 Å². The standard InChI is InChI=1S/C46H57N11O8/c1-26-40(58)55-35(43(61)51-19-16-48)23-27-6-12-36(64-20-17-49)31(22-27)32-24-29(9-13-37(32)65-21-18-50)38(44(62)53-26)57(5)45(63)34(14-15-47)54-41(59)33-25-52-39(56-42(33)60)28-7-10-30(11-8-28)46(2,3)4/h6-13,22,24-26,34-35,38H,14-15,17-21,23,47,49-50H2,1-5H3,(H,51,61)(H,53,62)(H,54,59)(H,55,58)(H,52,56,60). The maximum absolute atomic E-state index is 14.6. The van der Waals surface area contributed by atoms with Crippen molar-refractivity contribution in [3.8, 4) is 46.0 Å². The molecule has 11 N–H and O–H groups in total. The van der Waals surface area contributed by atoms with E-state index in [9.17, 15) is 29.1 Å². The van der Waals surface area contributed by atoms with Gasteiger partial charge in [0.1, 0.15) is 61.0 Å². The highest BCUT2D eigenvalue weighted by Gasteiger charge is 2.36. The van der Waals surface area contributed by atoms with Crippen LogP contribution in [0.2, 0.25) is 0 Å². The van der Waals surface area contributed by atoms with Crippen LogP contribution < -0.4 is 47.9 Å². The summed E-state index contributed by atoms with van der Waals surface area (Å²) in [6.45, 7) is 7.89. The maximum atomic E-state index is 14.6. The van der Waals surface area contributed by atoms with Crippen LogP contribution in [-0.4, -0.2) is 114 Å². The zero-order valence-corrected chi connectivity index (χ0v) is 37.1. The number of hydrogen-bond acceptors (Lipinski definition) is 14. The van der Waals surface area contributed by atoms with Crippen LogP contribution in [0, 0.1) is 11.3 Å². The topological polar surface area (TPSA) is 303 Å². The summed E-state index contributed by atoms with van der Waals surface area (Å²) in [5.74, 6) is -3.49. The number of nitriles is 1. The molecule has 4 atom stereocenters. The molecule has 19 heteroatoms. The Labute approximate surface area is 377 Å². The highest BCUT2D eigenvalue weighted by Crippen LogP contribution is 2.40. The third-order valence-electron chi connectivity index (χ3n) is 10.6. The number of amides is 5. The van der Waals surface area contributed by atoms with Crippen molar-refractivity contribution in [3.05, 3.63) is 89.1 Å². The van der Waals surface area contributed by atoms with E-state index < -0.39 is 59.6 Å². The lowest BCUT2D eigenvalue weighted by atomic mass is 9.87. The van der Waals surface area contributed by atoms with Crippen molar-refractivity contribution < 1.29 is 38.6 Å². The molecule has 344 valence electrons. The fraction of sp³-hybridized carbons (Fsp3) is 0.391. The number of nitrogens with zero attached hydrogens (tertiary/aromatic N) is 4. The Kier molecular flexibility index (Phi) is 16.5. The normalized spacial score (nSPS) is 16.7. The van der Waals surface area contributed by atoms with Gasteiger partial charge in [-0.2, -0.15) is 10.2 Å². The Morgan fingerprint density at radius 1 is 0.938 bits per heavy atom. The first-order chi connectivity index (χ1) is 31.0. The summed E-state index contributed by atoms with van der Waals surface area (Å²) < 4.78 is 12.1. The third-order valence-corrected chi connectivity index (χ3v) is 10.6. The van der Waals surface area contributed by atoms with E-state index in [2.05, 4.69) is 52.0 Å². The molecule has 0 aliphatic carbocycles. The smallest absolute Gasteiger partial charge is 0.259 e. The summed E-state index contributed by atoms with van der Waals surface area (Å²) in [6.07, 6.45) is 1.06. The summed E-state index contributed by atoms with van der Waals surface area (Å²) in [5, 5.41) is 30.6. The Balaban J connectivity index is 1.55.